The van der Waals surface area contributed by atoms with Crippen LogP contribution < -0.4 is 5.73 Å². The first kappa shape index (κ1) is 14.1. The van der Waals surface area contributed by atoms with Gasteiger partial charge in [0, 0.05) is 31.5 Å². The van der Waals surface area contributed by atoms with Gasteiger partial charge in [0.1, 0.15) is 0 Å². The summed E-state index contributed by atoms with van der Waals surface area (Å²) in [5, 5.41) is 0. The summed E-state index contributed by atoms with van der Waals surface area (Å²) < 4.78 is 0. The molecule has 2 N–H and O–H groups in total. The average molecular weight is 260 g/mol. The van der Waals surface area contributed by atoms with Gasteiger partial charge in [-0.3, -0.25) is 4.79 Å². The summed E-state index contributed by atoms with van der Waals surface area (Å²) in [5.74, 6) is 0.671. The monoisotopic (exact) mass is 260 g/mol. The Balaban J connectivity index is 2.15. The molecule has 1 saturated heterocycles. The van der Waals surface area contributed by atoms with Crippen molar-refractivity contribution in [2.24, 2.45) is 5.73 Å². The first-order chi connectivity index (χ1) is 9.27. The van der Waals surface area contributed by atoms with Crippen molar-refractivity contribution in [2.45, 2.75) is 44.6 Å². The zero-order valence-electron chi connectivity index (χ0n) is 11.7. The Bertz CT molecular complexity index is 404. The molecule has 1 heterocycles. The van der Waals surface area contributed by atoms with Crippen molar-refractivity contribution >= 4 is 5.91 Å². The molecule has 0 bridgehead atoms. The molecule has 3 heteroatoms. The molecule has 0 aromatic heterocycles. The highest BCUT2D eigenvalue weighted by molar-refractivity contribution is 5.77. The number of rotatable bonds is 5. The van der Waals surface area contributed by atoms with E-state index in [1.807, 2.05) is 6.07 Å². The molecule has 3 nitrogen and oxygen atoms in total. The van der Waals surface area contributed by atoms with Crippen LogP contribution in [0.25, 0.3) is 0 Å². The van der Waals surface area contributed by atoms with E-state index in [1.54, 1.807) is 0 Å². The quantitative estimate of drug-likeness (QED) is 0.884. The number of hydrogen-bond donors (Lipinski definition) is 1. The number of carbonyl (C=O) groups excluding carboxylic acids is 1. The smallest absolute Gasteiger partial charge is 0.224 e. The van der Waals surface area contributed by atoms with Crippen LogP contribution in [0.3, 0.4) is 0 Å². The third-order valence-electron chi connectivity index (χ3n) is 4.11. The van der Waals surface area contributed by atoms with E-state index >= 15 is 0 Å². The fourth-order valence-corrected chi connectivity index (χ4v) is 3.22. The van der Waals surface area contributed by atoms with E-state index in [9.17, 15) is 4.79 Å². The van der Waals surface area contributed by atoms with Crippen molar-refractivity contribution in [3.05, 3.63) is 35.9 Å². The maximum Gasteiger partial charge on any atom is 0.224 e. The molecule has 2 atom stereocenters. The van der Waals surface area contributed by atoms with Crippen molar-refractivity contribution in [3.63, 3.8) is 0 Å². The topological polar surface area (TPSA) is 46.3 Å². The molecule has 0 spiro atoms. The van der Waals surface area contributed by atoms with E-state index in [-0.39, 0.29) is 5.91 Å². The fraction of sp³-hybridized carbons (Fsp3) is 0.562. The highest BCUT2D eigenvalue weighted by Crippen LogP contribution is 2.33. The zero-order valence-corrected chi connectivity index (χ0v) is 11.7. The summed E-state index contributed by atoms with van der Waals surface area (Å²) in [6, 6.07) is 10.9. The Morgan fingerprint density at radius 3 is 2.79 bits per heavy atom. The van der Waals surface area contributed by atoms with Crippen LogP contribution in [-0.2, 0) is 4.79 Å². The minimum absolute atomic E-state index is 0.222. The number of hydrogen-bond acceptors (Lipinski definition) is 2. The molecular formula is C16H24N2O. The lowest BCUT2D eigenvalue weighted by atomic mass is 9.87. The molecule has 2 rings (SSSR count). The van der Waals surface area contributed by atoms with Crippen LogP contribution in [0, 0.1) is 0 Å². The number of nitrogens with zero attached hydrogens (tertiary/aromatic N) is 1. The van der Waals surface area contributed by atoms with Crippen LogP contribution in [-0.4, -0.2) is 29.9 Å². The second kappa shape index (κ2) is 6.71. The number of benzene rings is 1. The first-order valence-corrected chi connectivity index (χ1v) is 7.32. The van der Waals surface area contributed by atoms with E-state index in [1.165, 1.54) is 5.56 Å². The molecule has 1 fully saturated rings. The standard InChI is InChI=1S/C16H24N2O/c1-2-14(13-7-4-3-5-8-13)15-9-6-12-18(15)16(19)10-11-17/h3-5,7-8,14-15H,2,6,9-12,17H2,1H3. The van der Waals surface area contributed by atoms with E-state index in [2.05, 4.69) is 36.1 Å². The fourth-order valence-electron chi connectivity index (χ4n) is 3.22. The Hall–Kier alpha value is -1.35. The summed E-state index contributed by atoms with van der Waals surface area (Å²) in [6.45, 7) is 3.55. The van der Waals surface area contributed by atoms with Crippen molar-refractivity contribution in [1.29, 1.82) is 0 Å². The summed E-state index contributed by atoms with van der Waals surface area (Å²) in [5.41, 5.74) is 6.86. The lowest BCUT2D eigenvalue weighted by Gasteiger charge is -2.31. The molecular weight excluding hydrogens is 236 g/mol. The number of carbonyl (C=O) groups is 1. The Morgan fingerprint density at radius 1 is 1.42 bits per heavy atom. The number of amides is 1. The van der Waals surface area contributed by atoms with Gasteiger partial charge in [0.15, 0.2) is 0 Å². The molecule has 2 unspecified atom stereocenters. The van der Waals surface area contributed by atoms with E-state index < -0.39 is 0 Å². The third kappa shape index (κ3) is 3.16. The summed E-state index contributed by atoms with van der Waals surface area (Å²) in [6.07, 6.45) is 3.77. The van der Waals surface area contributed by atoms with Crippen molar-refractivity contribution < 1.29 is 4.79 Å². The lowest BCUT2D eigenvalue weighted by Crippen LogP contribution is -2.39. The first-order valence-electron chi connectivity index (χ1n) is 7.32. The summed E-state index contributed by atoms with van der Waals surface area (Å²) >= 11 is 0. The van der Waals surface area contributed by atoms with Crippen LogP contribution in [0.5, 0.6) is 0 Å². The van der Waals surface area contributed by atoms with Gasteiger partial charge < -0.3 is 10.6 Å². The second-order valence-corrected chi connectivity index (χ2v) is 5.26. The van der Waals surface area contributed by atoms with Crippen LogP contribution in [0.15, 0.2) is 30.3 Å². The Morgan fingerprint density at radius 2 is 2.16 bits per heavy atom. The SMILES string of the molecule is CCC(c1ccccc1)C1CCCN1C(=O)CCN. The molecule has 19 heavy (non-hydrogen) atoms. The molecule has 104 valence electrons. The number of nitrogens with two attached hydrogens (primary N) is 1. The highest BCUT2D eigenvalue weighted by atomic mass is 16.2. The second-order valence-electron chi connectivity index (χ2n) is 5.26. The van der Waals surface area contributed by atoms with Crippen LogP contribution in [0.4, 0.5) is 0 Å². The largest absolute Gasteiger partial charge is 0.339 e. The van der Waals surface area contributed by atoms with Gasteiger partial charge in [-0.15, -0.1) is 0 Å². The normalized spacial score (nSPS) is 20.5. The third-order valence-corrected chi connectivity index (χ3v) is 4.11. The van der Waals surface area contributed by atoms with Crippen LogP contribution in [0.1, 0.15) is 44.1 Å². The number of likely N-dealkylation sites (tertiary alicyclic amines) is 1. The maximum absolute atomic E-state index is 12.2. The Kier molecular flexibility index (Phi) is 4.97. The van der Waals surface area contributed by atoms with Crippen LogP contribution >= 0.6 is 0 Å². The van der Waals surface area contributed by atoms with Gasteiger partial charge in [0.25, 0.3) is 0 Å². The average Bonchev–Trinajstić information content (AvgIpc) is 2.90. The summed E-state index contributed by atoms with van der Waals surface area (Å²) in [7, 11) is 0. The minimum atomic E-state index is 0.222. The molecule has 1 aromatic carbocycles. The predicted molar refractivity (Wildman–Crippen MR) is 77.9 cm³/mol. The van der Waals surface area contributed by atoms with Gasteiger partial charge in [0.05, 0.1) is 0 Å². The molecule has 0 aliphatic carbocycles. The summed E-state index contributed by atoms with van der Waals surface area (Å²) in [4.78, 5) is 14.2. The van der Waals surface area contributed by atoms with Gasteiger partial charge in [-0.2, -0.15) is 0 Å². The van der Waals surface area contributed by atoms with Gasteiger partial charge in [-0.1, -0.05) is 37.3 Å². The van der Waals surface area contributed by atoms with Crippen molar-refractivity contribution in [2.75, 3.05) is 13.1 Å². The highest BCUT2D eigenvalue weighted by Gasteiger charge is 2.33. The van der Waals surface area contributed by atoms with Gasteiger partial charge >= 0.3 is 0 Å². The molecule has 0 saturated carbocycles. The van der Waals surface area contributed by atoms with E-state index in [4.69, 9.17) is 5.73 Å². The molecule has 1 aromatic rings. The predicted octanol–water partition coefficient (Wildman–Crippen LogP) is 2.52. The lowest BCUT2D eigenvalue weighted by molar-refractivity contribution is -0.132. The van der Waals surface area contributed by atoms with Gasteiger partial charge in [-0.25, -0.2) is 0 Å². The van der Waals surface area contributed by atoms with Gasteiger partial charge in [-0.05, 0) is 24.8 Å². The zero-order chi connectivity index (χ0) is 13.7. The molecule has 1 aliphatic heterocycles. The van der Waals surface area contributed by atoms with E-state index in [0.29, 0.717) is 24.9 Å². The molecule has 1 aliphatic rings. The van der Waals surface area contributed by atoms with Crippen molar-refractivity contribution in [1.82, 2.24) is 4.90 Å². The molecule has 0 radical (unpaired) electrons. The van der Waals surface area contributed by atoms with Crippen LogP contribution in [0.2, 0.25) is 0 Å². The van der Waals surface area contributed by atoms with Crippen molar-refractivity contribution in [3.8, 4) is 0 Å². The maximum atomic E-state index is 12.2. The Labute approximate surface area is 115 Å². The van der Waals surface area contributed by atoms with E-state index in [0.717, 1.165) is 25.8 Å². The minimum Gasteiger partial charge on any atom is -0.339 e. The molecule has 1 amide bonds. The van der Waals surface area contributed by atoms with Gasteiger partial charge in [0.2, 0.25) is 5.91 Å².